The molecule has 0 saturated carbocycles. The Hall–Kier alpha value is -3.16. The minimum Gasteiger partial charge on any atom is -0.444 e. The molecule has 2 N–H and O–H groups in total. The fourth-order valence-electron chi connectivity index (χ4n) is 2.28. The largest absolute Gasteiger partial charge is 0.444 e. The number of halogens is 1. The summed E-state index contributed by atoms with van der Waals surface area (Å²) in [4.78, 5) is 27.6. The van der Waals surface area contributed by atoms with Crippen LogP contribution in [-0.4, -0.2) is 29.1 Å². The van der Waals surface area contributed by atoms with E-state index in [9.17, 15) is 14.0 Å². The average molecular weight is 403 g/mol. The summed E-state index contributed by atoms with van der Waals surface area (Å²) in [6.45, 7) is 6.04. The summed E-state index contributed by atoms with van der Waals surface area (Å²) in [5, 5.41) is 5.42. The summed E-state index contributed by atoms with van der Waals surface area (Å²) in [6, 6.07) is 9.09. The number of benzene rings is 1. The highest BCUT2D eigenvalue weighted by atomic mass is 19.1. The molecule has 0 atom stereocenters. The maximum absolute atomic E-state index is 12.9. The monoisotopic (exact) mass is 403 g/mol. The fraction of sp³-hybridized carbons (Fsp3) is 0.381. The summed E-state index contributed by atoms with van der Waals surface area (Å²) in [5.74, 6) is 0.347. The van der Waals surface area contributed by atoms with Gasteiger partial charge in [0.25, 0.3) is 0 Å². The van der Waals surface area contributed by atoms with E-state index in [0.717, 1.165) is 5.56 Å². The molecule has 29 heavy (non-hydrogen) atoms. The van der Waals surface area contributed by atoms with E-state index < -0.39 is 11.7 Å². The number of nitrogens with one attached hydrogen (secondary N) is 2. The third-order valence-corrected chi connectivity index (χ3v) is 3.57. The van der Waals surface area contributed by atoms with Crippen molar-refractivity contribution in [1.82, 2.24) is 15.6 Å². The Bertz CT molecular complexity index is 819. The zero-order valence-corrected chi connectivity index (χ0v) is 16.8. The van der Waals surface area contributed by atoms with Gasteiger partial charge in [0.15, 0.2) is 0 Å². The maximum atomic E-state index is 12.9. The van der Waals surface area contributed by atoms with Crippen molar-refractivity contribution >= 4 is 12.0 Å². The van der Waals surface area contributed by atoms with Gasteiger partial charge in [-0.1, -0.05) is 0 Å². The Balaban J connectivity index is 1.70. The molecule has 2 rings (SSSR count). The third kappa shape index (κ3) is 9.05. The molecule has 1 aromatic heterocycles. The highest BCUT2D eigenvalue weighted by molar-refractivity contribution is 5.76. The Labute approximate surface area is 169 Å². The third-order valence-electron chi connectivity index (χ3n) is 3.57. The number of carbonyl (C=O) groups is 2. The standard InChI is InChI=1S/C21H26FN3O4/c1-21(2,3)29-20(27)24-11-4-5-18(26)25-14-15-10-12-23-19(13-15)28-17-8-6-16(22)7-9-17/h6-10,12-13H,4-5,11,14H2,1-3H3,(H,24,27)(H,25,26). The number of aromatic nitrogens is 1. The zero-order valence-electron chi connectivity index (χ0n) is 16.8. The van der Waals surface area contributed by atoms with Crippen LogP contribution in [0.3, 0.4) is 0 Å². The maximum Gasteiger partial charge on any atom is 0.407 e. The highest BCUT2D eigenvalue weighted by Gasteiger charge is 2.15. The van der Waals surface area contributed by atoms with Gasteiger partial charge in [-0.2, -0.15) is 0 Å². The predicted molar refractivity (Wildman–Crippen MR) is 106 cm³/mol. The van der Waals surface area contributed by atoms with Crippen molar-refractivity contribution in [2.45, 2.75) is 45.8 Å². The number of nitrogens with zero attached hydrogens (tertiary/aromatic N) is 1. The van der Waals surface area contributed by atoms with Crippen molar-refractivity contribution in [3.8, 4) is 11.6 Å². The molecule has 2 aromatic rings. The van der Waals surface area contributed by atoms with E-state index in [2.05, 4.69) is 15.6 Å². The van der Waals surface area contributed by atoms with E-state index in [-0.39, 0.29) is 18.1 Å². The van der Waals surface area contributed by atoms with E-state index in [0.29, 0.717) is 31.1 Å². The van der Waals surface area contributed by atoms with Gasteiger partial charge in [-0.15, -0.1) is 0 Å². The molecule has 0 spiro atoms. The van der Waals surface area contributed by atoms with Crippen LogP contribution < -0.4 is 15.4 Å². The van der Waals surface area contributed by atoms with E-state index in [4.69, 9.17) is 9.47 Å². The molecule has 7 nitrogen and oxygen atoms in total. The number of carbonyl (C=O) groups excluding carboxylic acids is 2. The number of hydrogen-bond acceptors (Lipinski definition) is 5. The minimum atomic E-state index is -0.550. The molecular weight excluding hydrogens is 377 g/mol. The smallest absolute Gasteiger partial charge is 0.407 e. The highest BCUT2D eigenvalue weighted by Crippen LogP contribution is 2.20. The molecule has 0 aliphatic rings. The van der Waals surface area contributed by atoms with Crippen molar-refractivity contribution in [1.29, 1.82) is 0 Å². The minimum absolute atomic E-state index is 0.131. The molecule has 0 fully saturated rings. The van der Waals surface area contributed by atoms with Crippen LogP contribution in [0.25, 0.3) is 0 Å². The van der Waals surface area contributed by atoms with Gasteiger partial charge in [-0.05, 0) is 63.1 Å². The van der Waals surface area contributed by atoms with Crippen LogP contribution in [0.4, 0.5) is 9.18 Å². The van der Waals surface area contributed by atoms with Crippen LogP contribution >= 0.6 is 0 Å². The van der Waals surface area contributed by atoms with Crippen LogP contribution in [-0.2, 0) is 16.1 Å². The number of alkyl carbamates (subject to hydrolysis) is 1. The van der Waals surface area contributed by atoms with E-state index >= 15 is 0 Å². The number of hydrogen-bond donors (Lipinski definition) is 2. The second kappa shape index (κ2) is 10.4. The summed E-state index contributed by atoms with van der Waals surface area (Å²) < 4.78 is 23.6. The molecule has 1 aromatic carbocycles. The molecule has 0 aliphatic heterocycles. The number of rotatable bonds is 8. The van der Waals surface area contributed by atoms with Gasteiger partial charge in [-0.25, -0.2) is 14.2 Å². The summed E-state index contributed by atoms with van der Waals surface area (Å²) in [5.41, 5.74) is 0.267. The molecule has 0 bridgehead atoms. The van der Waals surface area contributed by atoms with Gasteiger partial charge in [0.1, 0.15) is 17.2 Å². The van der Waals surface area contributed by atoms with Gasteiger partial charge in [0.2, 0.25) is 11.8 Å². The lowest BCUT2D eigenvalue weighted by Crippen LogP contribution is -2.33. The molecule has 2 amide bonds. The van der Waals surface area contributed by atoms with Crippen LogP contribution in [0.2, 0.25) is 0 Å². The zero-order chi connectivity index (χ0) is 21.3. The Kier molecular flexibility index (Phi) is 7.94. The van der Waals surface area contributed by atoms with Crippen molar-refractivity contribution in [2.75, 3.05) is 6.54 Å². The summed E-state index contributed by atoms with van der Waals surface area (Å²) in [7, 11) is 0. The quantitative estimate of drug-likeness (QED) is 0.652. The first-order chi connectivity index (χ1) is 13.7. The topological polar surface area (TPSA) is 89.5 Å². The number of amides is 2. The van der Waals surface area contributed by atoms with E-state index in [1.54, 1.807) is 39.1 Å². The van der Waals surface area contributed by atoms with Gasteiger partial charge in [0.05, 0.1) is 0 Å². The first-order valence-electron chi connectivity index (χ1n) is 9.33. The van der Waals surface area contributed by atoms with E-state index in [1.165, 1.54) is 24.3 Å². The second-order valence-corrected chi connectivity index (χ2v) is 7.37. The lowest BCUT2D eigenvalue weighted by atomic mass is 10.2. The van der Waals surface area contributed by atoms with E-state index in [1.807, 2.05) is 0 Å². The molecule has 0 saturated heterocycles. The van der Waals surface area contributed by atoms with Crippen molar-refractivity contribution in [2.24, 2.45) is 0 Å². The Morgan fingerprint density at radius 1 is 1.10 bits per heavy atom. The normalized spacial score (nSPS) is 10.9. The number of pyridine rings is 1. The van der Waals surface area contributed by atoms with Crippen LogP contribution in [0.5, 0.6) is 11.6 Å². The lowest BCUT2D eigenvalue weighted by molar-refractivity contribution is -0.121. The Morgan fingerprint density at radius 2 is 1.83 bits per heavy atom. The summed E-state index contributed by atoms with van der Waals surface area (Å²) in [6.07, 6.45) is 1.86. The SMILES string of the molecule is CC(C)(C)OC(=O)NCCCC(=O)NCc1ccnc(Oc2ccc(F)cc2)c1. The second-order valence-electron chi connectivity index (χ2n) is 7.37. The first kappa shape index (κ1) is 22.1. The van der Waals surface area contributed by atoms with Gasteiger partial charge >= 0.3 is 6.09 Å². The molecule has 0 aliphatic carbocycles. The Morgan fingerprint density at radius 3 is 2.52 bits per heavy atom. The predicted octanol–water partition coefficient (Wildman–Crippen LogP) is 3.93. The average Bonchev–Trinajstić information content (AvgIpc) is 2.64. The van der Waals surface area contributed by atoms with Crippen molar-refractivity contribution < 1.29 is 23.5 Å². The first-order valence-corrected chi connectivity index (χ1v) is 9.33. The lowest BCUT2D eigenvalue weighted by Gasteiger charge is -2.19. The van der Waals surface area contributed by atoms with Crippen LogP contribution in [0.1, 0.15) is 39.2 Å². The molecule has 8 heteroatoms. The van der Waals surface area contributed by atoms with Gasteiger partial charge < -0.3 is 20.1 Å². The van der Waals surface area contributed by atoms with Crippen molar-refractivity contribution in [3.05, 3.63) is 54.0 Å². The molecule has 156 valence electrons. The van der Waals surface area contributed by atoms with Crippen molar-refractivity contribution in [3.63, 3.8) is 0 Å². The molecular formula is C21H26FN3O4. The molecule has 0 radical (unpaired) electrons. The van der Waals surface area contributed by atoms with Gasteiger partial charge in [-0.3, -0.25) is 4.79 Å². The molecule has 1 heterocycles. The van der Waals surface area contributed by atoms with Gasteiger partial charge in [0, 0.05) is 31.8 Å². The fourth-order valence-corrected chi connectivity index (χ4v) is 2.28. The molecule has 0 unspecified atom stereocenters. The van der Waals surface area contributed by atoms with Crippen LogP contribution in [0.15, 0.2) is 42.6 Å². The number of ether oxygens (including phenoxy) is 2. The van der Waals surface area contributed by atoms with Crippen LogP contribution in [0, 0.1) is 5.82 Å². The summed E-state index contributed by atoms with van der Waals surface area (Å²) >= 11 is 0.